The molecule has 1 aromatic carbocycles. The van der Waals surface area contributed by atoms with Crippen molar-refractivity contribution in [1.82, 2.24) is 4.72 Å². The summed E-state index contributed by atoms with van der Waals surface area (Å²) in [7, 11) is -1.73. The molecule has 1 amide bonds. The second kappa shape index (κ2) is 7.42. The zero-order valence-electron chi connectivity index (χ0n) is 12.8. The van der Waals surface area contributed by atoms with E-state index in [9.17, 15) is 13.2 Å². The van der Waals surface area contributed by atoms with Crippen molar-refractivity contribution in [1.29, 1.82) is 0 Å². The van der Waals surface area contributed by atoms with E-state index >= 15 is 0 Å². The molecule has 0 atom stereocenters. The predicted octanol–water partition coefficient (Wildman–Crippen LogP) is 1.30. The third-order valence-electron chi connectivity index (χ3n) is 3.04. The van der Waals surface area contributed by atoms with Gasteiger partial charge in [-0.05, 0) is 31.5 Å². The molecule has 0 heterocycles. The molecule has 0 aliphatic carbocycles. The summed E-state index contributed by atoms with van der Waals surface area (Å²) in [6.07, 6.45) is 0. The lowest BCUT2D eigenvalue weighted by Crippen LogP contribution is -2.38. The van der Waals surface area contributed by atoms with Gasteiger partial charge in [0.2, 0.25) is 15.9 Å². The number of methoxy groups -OCH3 is 1. The van der Waals surface area contributed by atoms with E-state index in [0.717, 1.165) is 5.56 Å². The van der Waals surface area contributed by atoms with Gasteiger partial charge in [-0.1, -0.05) is 6.07 Å². The number of anilines is 1. The molecule has 0 aliphatic heterocycles. The zero-order chi connectivity index (χ0) is 16.0. The molecule has 21 heavy (non-hydrogen) atoms. The van der Waals surface area contributed by atoms with Crippen molar-refractivity contribution in [2.75, 3.05) is 30.9 Å². The van der Waals surface area contributed by atoms with Crippen LogP contribution in [-0.4, -0.2) is 40.3 Å². The van der Waals surface area contributed by atoms with E-state index in [0.29, 0.717) is 11.4 Å². The van der Waals surface area contributed by atoms with Crippen molar-refractivity contribution in [2.24, 2.45) is 0 Å². The van der Waals surface area contributed by atoms with Crippen LogP contribution in [0.25, 0.3) is 0 Å². The summed E-state index contributed by atoms with van der Waals surface area (Å²) in [5, 5.41) is 0. The first-order chi connectivity index (χ1) is 9.80. The third-order valence-corrected chi connectivity index (χ3v) is 4.45. The number of hydrogen-bond donors (Lipinski definition) is 1. The van der Waals surface area contributed by atoms with Crippen LogP contribution in [0.4, 0.5) is 5.69 Å². The first kappa shape index (κ1) is 17.5. The average Bonchev–Trinajstić information content (AvgIpc) is 2.43. The SMILES string of the molecule is CCS(=O)(=O)NCCN(C(C)=O)c1cc(C)ccc1OC. The van der Waals surface area contributed by atoms with E-state index in [2.05, 4.69) is 4.72 Å². The van der Waals surface area contributed by atoms with Crippen LogP contribution < -0.4 is 14.4 Å². The highest BCUT2D eigenvalue weighted by Crippen LogP contribution is 2.29. The van der Waals surface area contributed by atoms with E-state index in [1.807, 2.05) is 19.1 Å². The number of hydrogen-bond acceptors (Lipinski definition) is 4. The van der Waals surface area contributed by atoms with Crippen LogP contribution in [0.15, 0.2) is 18.2 Å². The molecule has 1 rings (SSSR count). The van der Waals surface area contributed by atoms with Gasteiger partial charge < -0.3 is 9.64 Å². The highest BCUT2D eigenvalue weighted by Gasteiger charge is 2.17. The Morgan fingerprint density at radius 3 is 2.57 bits per heavy atom. The summed E-state index contributed by atoms with van der Waals surface area (Å²) in [5.74, 6) is 0.421. The van der Waals surface area contributed by atoms with Crippen molar-refractivity contribution < 1.29 is 17.9 Å². The Balaban J connectivity index is 2.93. The number of ether oxygens (including phenoxy) is 1. The molecule has 0 unspecified atom stereocenters. The number of carbonyl (C=O) groups is 1. The monoisotopic (exact) mass is 314 g/mol. The standard InChI is InChI=1S/C14H22N2O4S/c1-5-21(18,19)15-8-9-16(12(3)17)13-10-11(2)6-7-14(13)20-4/h6-7,10,15H,5,8-9H2,1-4H3. The topological polar surface area (TPSA) is 75.7 Å². The Labute approximate surface area is 126 Å². The minimum Gasteiger partial charge on any atom is -0.495 e. The first-order valence-corrected chi connectivity index (χ1v) is 8.36. The Morgan fingerprint density at radius 2 is 2.05 bits per heavy atom. The maximum Gasteiger partial charge on any atom is 0.224 e. The van der Waals surface area contributed by atoms with Crippen molar-refractivity contribution >= 4 is 21.6 Å². The number of nitrogens with one attached hydrogen (secondary N) is 1. The van der Waals surface area contributed by atoms with Gasteiger partial charge in [-0.25, -0.2) is 13.1 Å². The second-order valence-corrected chi connectivity index (χ2v) is 6.74. The maximum atomic E-state index is 11.8. The van der Waals surface area contributed by atoms with Crippen LogP contribution in [0.3, 0.4) is 0 Å². The van der Waals surface area contributed by atoms with Crippen LogP contribution in [0.5, 0.6) is 5.75 Å². The van der Waals surface area contributed by atoms with Crippen LogP contribution in [-0.2, 0) is 14.8 Å². The molecule has 1 aromatic rings. The van der Waals surface area contributed by atoms with E-state index in [1.165, 1.54) is 18.9 Å². The maximum absolute atomic E-state index is 11.8. The van der Waals surface area contributed by atoms with Gasteiger partial charge in [-0.2, -0.15) is 0 Å². The number of nitrogens with zero attached hydrogens (tertiary/aromatic N) is 1. The van der Waals surface area contributed by atoms with Gasteiger partial charge in [-0.15, -0.1) is 0 Å². The summed E-state index contributed by atoms with van der Waals surface area (Å²) >= 11 is 0. The molecule has 0 aliphatic rings. The van der Waals surface area contributed by atoms with Crippen LogP contribution in [0, 0.1) is 6.92 Å². The Hall–Kier alpha value is -1.60. The number of carbonyl (C=O) groups excluding carboxylic acids is 1. The highest BCUT2D eigenvalue weighted by molar-refractivity contribution is 7.89. The van der Waals surface area contributed by atoms with E-state index in [4.69, 9.17) is 4.74 Å². The lowest BCUT2D eigenvalue weighted by Gasteiger charge is -2.23. The number of benzene rings is 1. The molecule has 0 aromatic heterocycles. The number of aryl methyl sites for hydroxylation is 1. The predicted molar refractivity (Wildman–Crippen MR) is 83.2 cm³/mol. The van der Waals surface area contributed by atoms with E-state index in [1.54, 1.807) is 13.0 Å². The quantitative estimate of drug-likeness (QED) is 0.823. The molecular formula is C14H22N2O4S. The highest BCUT2D eigenvalue weighted by atomic mass is 32.2. The summed E-state index contributed by atoms with van der Waals surface area (Å²) in [5.41, 5.74) is 1.63. The Kier molecular flexibility index (Phi) is 6.17. The van der Waals surface area contributed by atoms with Gasteiger partial charge in [0.1, 0.15) is 5.75 Å². The van der Waals surface area contributed by atoms with Crippen LogP contribution >= 0.6 is 0 Å². The van der Waals surface area contributed by atoms with E-state index < -0.39 is 10.0 Å². The number of rotatable bonds is 7. The van der Waals surface area contributed by atoms with Crippen LogP contribution in [0.1, 0.15) is 19.4 Å². The second-order valence-electron chi connectivity index (χ2n) is 4.64. The Bertz CT molecular complexity index is 599. The smallest absolute Gasteiger partial charge is 0.224 e. The minimum absolute atomic E-state index is 0.0147. The normalized spacial score (nSPS) is 11.2. The van der Waals surface area contributed by atoms with Crippen molar-refractivity contribution in [3.05, 3.63) is 23.8 Å². The third kappa shape index (κ3) is 5.02. The first-order valence-electron chi connectivity index (χ1n) is 6.70. The summed E-state index contributed by atoms with van der Waals surface area (Å²) in [6.45, 7) is 5.33. The fraction of sp³-hybridized carbons (Fsp3) is 0.500. The molecule has 0 saturated carbocycles. The van der Waals surface area contributed by atoms with Gasteiger partial charge in [0, 0.05) is 20.0 Å². The van der Waals surface area contributed by atoms with Gasteiger partial charge >= 0.3 is 0 Å². The van der Waals surface area contributed by atoms with Gasteiger partial charge in [0.05, 0.1) is 18.6 Å². The minimum atomic E-state index is -3.27. The molecule has 0 radical (unpaired) electrons. The molecule has 1 N–H and O–H groups in total. The molecule has 118 valence electrons. The summed E-state index contributed by atoms with van der Waals surface area (Å²) in [4.78, 5) is 13.3. The Morgan fingerprint density at radius 1 is 1.38 bits per heavy atom. The van der Waals surface area contributed by atoms with Crippen LogP contribution in [0.2, 0.25) is 0 Å². The summed E-state index contributed by atoms with van der Waals surface area (Å²) < 4.78 is 30.6. The number of sulfonamides is 1. The number of amides is 1. The molecular weight excluding hydrogens is 292 g/mol. The fourth-order valence-corrected chi connectivity index (χ4v) is 2.48. The van der Waals surface area contributed by atoms with Gasteiger partial charge in [0.15, 0.2) is 0 Å². The van der Waals surface area contributed by atoms with E-state index in [-0.39, 0.29) is 24.7 Å². The molecule has 0 bridgehead atoms. The molecule has 7 heteroatoms. The fourth-order valence-electron chi connectivity index (χ4n) is 1.87. The molecule has 0 saturated heterocycles. The molecule has 0 fully saturated rings. The zero-order valence-corrected chi connectivity index (χ0v) is 13.7. The summed E-state index contributed by atoms with van der Waals surface area (Å²) in [6, 6.07) is 5.52. The molecule has 6 nitrogen and oxygen atoms in total. The molecule has 0 spiro atoms. The van der Waals surface area contributed by atoms with Crippen molar-refractivity contribution in [3.8, 4) is 5.75 Å². The van der Waals surface area contributed by atoms with Gasteiger partial charge in [-0.3, -0.25) is 4.79 Å². The lowest BCUT2D eigenvalue weighted by molar-refractivity contribution is -0.116. The lowest BCUT2D eigenvalue weighted by atomic mass is 10.2. The van der Waals surface area contributed by atoms with Gasteiger partial charge in [0.25, 0.3) is 0 Å². The average molecular weight is 314 g/mol. The largest absolute Gasteiger partial charge is 0.495 e. The van der Waals surface area contributed by atoms with Crippen molar-refractivity contribution in [3.63, 3.8) is 0 Å². The van der Waals surface area contributed by atoms with Crippen molar-refractivity contribution in [2.45, 2.75) is 20.8 Å².